The average molecular weight is 273 g/mol. The van der Waals surface area contributed by atoms with Crippen LogP contribution in [0.2, 0.25) is 0 Å². The van der Waals surface area contributed by atoms with Gasteiger partial charge in [-0.2, -0.15) is 0 Å². The van der Waals surface area contributed by atoms with Gasteiger partial charge in [0.2, 0.25) is 0 Å². The van der Waals surface area contributed by atoms with E-state index in [2.05, 4.69) is 33.8 Å². The third-order valence-electron chi connectivity index (χ3n) is 2.29. The van der Waals surface area contributed by atoms with Gasteiger partial charge in [0.05, 0.1) is 6.61 Å². The summed E-state index contributed by atoms with van der Waals surface area (Å²) in [6.07, 6.45) is 0. The summed E-state index contributed by atoms with van der Waals surface area (Å²) in [7, 11) is 0. The van der Waals surface area contributed by atoms with Gasteiger partial charge in [-0.05, 0) is 30.7 Å². The van der Waals surface area contributed by atoms with Gasteiger partial charge in [0.25, 0.3) is 0 Å². The Morgan fingerprint density at radius 1 is 1.40 bits per heavy atom. The van der Waals surface area contributed by atoms with Gasteiger partial charge < -0.3 is 15.7 Å². The molecular weight excluding hydrogens is 256 g/mol. The molecule has 84 valence electrons. The van der Waals surface area contributed by atoms with Crippen molar-refractivity contribution in [1.29, 1.82) is 0 Å². The van der Waals surface area contributed by atoms with Crippen LogP contribution in [0.1, 0.15) is 12.5 Å². The second kappa shape index (κ2) is 6.10. The number of rotatable bonds is 5. The molecule has 1 aromatic rings. The van der Waals surface area contributed by atoms with Crippen LogP contribution in [0.4, 0.5) is 5.69 Å². The van der Waals surface area contributed by atoms with Crippen LogP contribution in [0.3, 0.4) is 0 Å². The number of halogens is 1. The molecule has 0 aliphatic heterocycles. The van der Waals surface area contributed by atoms with E-state index in [1.54, 1.807) is 0 Å². The second-order valence-corrected chi connectivity index (χ2v) is 4.24. The molecule has 0 spiro atoms. The highest BCUT2D eigenvalue weighted by Gasteiger charge is 2.05. The van der Waals surface area contributed by atoms with E-state index in [1.807, 2.05) is 12.1 Å². The molecule has 0 fully saturated rings. The van der Waals surface area contributed by atoms with E-state index in [1.165, 1.54) is 0 Å². The molecule has 4 heteroatoms. The summed E-state index contributed by atoms with van der Waals surface area (Å²) in [4.78, 5) is 2.12. The first-order valence-corrected chi connectivity index (χ1v) is 5.86. The number of nitrogens with two attached hydrogens (primary N) is 1. The maximum absolute atomic E-state index is 8.95. The van der Waals surface area contributed by atoms with Gasteiger partial charge in [-0.3, -0.25) is 0 Å². The van der Waals surface area contributed by atoms with Crippen LogP contribution in [0.15, 0.2) is 22.7 Å². The van der Waals surface area contributed by atoms with Crippen LogP contribution in [-0.4, -0.2) is 24.8 Å². The minimum Gasteiger partial charge on any atom is -0.395 e. The fraction of sp³-hybridized carbons (Fsp3) is 0.455. The normalized spacial score (nSPS) is 10.4. The Hall–Kier alpha value is -0.580. The number of nitrogens with zero attached hydrogens (tertiary/aromatic N) is 1. The number of hydrogen-bond acceptors (Lipinski definition) is 3. The van der Waals surface area contributed by atoms with E-state index in [4.69, 9.17) is 10.8 Å². The highest BCUT2D eigenvalue weighted by atomic mass is 79.9. The minimum absolute atomic E-state index is 0.165. The molecule has 0 aliphatic rings. The molecule has 0 saturated heterocycles. The lowest BCUT2D eigenvalue weighted by Crippen LogP contribution is -2.26. The van der Waals surface area contributed by atoms with Crippen LogP contribution in [0.5, 0.6) is 0 Å². The van der Waals surface area contributed by atoms with Crippen LogP contribution < -0.4 is 10.6 Å². The summed E-state index contributed by atoms with van der Waals surface area (Å²) in [6, 6.07) is 6.11. The molecule has 0 heterocycles. The van der Waals surface area contributed by atoms with E-state index < -0.39 is 0 Å². The average Bonchev–Trinajstić information content (AvgIpc) is 2.24. The van der Waals surface area contributed by atoms with Gasteiger partial charge in [-0.25, -0.2) is 0 Å². The van der Waals surface area contributed by atoms with Crippen LogP contribution in [-0.2, 0) is 6.54 Å². The van der Waals surface area contributed by atoms with E-state index in [9.17, 15) is 0 Å². The summed E-state index contributed by atoms with van der Waals surface area (Å²) >= 11 is 3.46. The Kier molecular flexibility index (Phi) is 5.08. The van der Waals surface area contributed by atoms with Gasteiger partial charge in [-0.15, -0.1) is 0 Å². The van der Waals surface area contributed by atoms with Gasteiger partial charge in [-0.1, -0.05) is 15.9 Å². The standard InChI is InChI=1S/C11H17BrN2O/c1-2-14(3-4-15)11-6-9(8-13)5-10(12)7-11/h5-7,15H,2-4,8,13H2,1H3. The minimum atomic E-state index is 0.165. The third-order valence-corrected chi connectivity index (χ3v) is 2.75. The van der Waals surface area contributed by atoms with Gasteiger partial charge in [0.1, 0.15) is 0 Å². The fourth-order valence-corrected chi connectivity index (χ4v) is 2.05. The van der Waals surface area contributed by atoms with Crippen LogP contribution in [0, 0.1) is 0 Å². The lowest BCUT2D eigenvalue weighted by atomic mass is 10.2. The van der Waals surface area contributed by atoms with Crippen LogP contribution >= 0.6 is 15.9 Å². The first-order chi connectivity index (χ1) is 7.21. The molecule has 1 aromatic carbocycles. The largest absolute Gasteiger partial charge is 0.395 e. The third kappa shape index (κ3) is 3.48. The number of aliphatic hydroxyl groups excluding tert-OH is 1. The van der Waals surface area contributed by atoms with Crippen molar-refractivity contribution in [3.05, 3.63) is 28.2 Å². The number of hydrogen-bond donors (Lipinski definition) is 2. The predicted molar refractivity (Wildman–Crippen MR) is 67.0 cm³/mol. The Morgan fingerprint density at radius 2 is 2.13 bits per heavy atom. The molecule has 0 saturated carbocycles. The molecule has 1 rings (SSSR count). The quantitative estimate of drug-likeness (QED) is 0.859. The lowest BCUT2D eigenvalue weighted by Gasteiger charge is -2.22. The fourth-order valence-electron chi connectivity index (χ4n) is 1.52. The zero-order chi connectivity index (χ0) is 11.3. The monoisotopic (exact) mass is 272 g/mol. The lowest BCUT2D eigenvalue weighted by molar-refractivity contribution is 0.302. The highest BCUT2D eigenvalue weighted by molar-refractivity contribution is 9.10. The van der Waals surface area contributed by atoms with Crippen molar-refractivity contribution in [2.45, 2.75) is 13.5 Å². The Balaban J connectivity index is 2.95. The molecule has 15 heavy (non-hydrogen) atoms. The van der Waals surface area contributed by atoms with Gasteiger partial charge in [0, 0.05) is 29.8 Å². The first-order valence-electron chi connectivity index (χ1n) is 5.06. The number of benzene rings is 1. The molecular formula is C11H17BrN2O. The van der Waals surface area contributed by atoms with Gasteiger partial charge in [0.15, 0.2) is 0 Å². The van der Waals surface area contributed by atoms with Crippen LogP contribution in [0.25, 0.3) is 0 Å². The summed E-state index contributed by atoms with van der Waals surface area (Å²) in [5, 5.41) is 8.95. The molecule has 0 amide bonds. The first kappa shape index (κ1) is 12.5. The van der Waals surface area contributed by atoms with Crippen molar-refractivity contribution in [3.63, 3.8) is 0 Å². The van der Waals surface area contributed by atoms with E-state index in [0.717, 1.165) is 22.3 Å². The maximum atomic E-state index is 8.95. The molecule has 3 nitrogen and oxygen atoms in total. The summed E-state index contributed by atoms with van der Waals surface area (Å²) in [5.74, 6) is 0. The zero-order valence-electron chi connectivity index (χ0n) is 8.91. The van der Waals surface area contributed by atoms with Crippen molar-refractivity contribution < 1.29 is 5.11 Å². The van der Waals surface area contributed by atoms with Crippen molar-refractivity contribution in [3.8, 4) is 0 Å². The smallest absolute Gasteiger partial charge is 0.0606 e. The number of anilines is 1. The van der Waals surface area contributed by atoms with Crippen molar-refractivity contribution in [2.75, 3.05) is 24.6 Å². The molecule has 0 atom stereocenters. The zero-order valence-corrected chi connectivity index (χ0v) is 10.5. The van der Waals surface area contributed by atoms with Crippen molar-refractivity contribution >= 4 is 21.6 Å². The summed E-state index contributed by atoms with van der Waals surface area (Å²) < 4.78 is 1.02. The van der Waals surface area contributed by atoms with Gasteiger partial charge >= 0.3 is 0 Å². The summed E-state index contributed by atoms with van der Waals surface area (Å²) in [5.41, 5.74) is 7.81. The molecule has 0 bridgehead atoms. The Bertz CT molecular complexity index is 317. The van der Waals surface area contributed by atoms with E-state index in [-0.39, 0.29) is 6.61 Å². The maximum Gasteiger partial charge on any atom is 0.0606 e. The molecule has 0 radical (unpaired) electrons. The van der Waals surface area contributed by atoms with E-state index in [0.29, 0.717) is 13.1 Å². The second-order valence-electron chi connectivity index (χ2n) is 3.33. The highest BCUT2D eigenvalue weighted by Crippen LogP contribution is 2.22. The van der Waals surface area contributed by atoms with Crippen molar-refractivity contribution in [1.82, 2.24) is 0 Å². The molecule has 0 aliphatic carbocycles. The van der Waals surface area contributed by atoms with E-state index >= 15 is 0 Å². The summed E-state index contributed by atoms with van der Waals surface area (Å²) in [6.45, 7) is 4.29. The number of likely N-dealkylation sites (N-methyl/N-ethyl adjacent to an activating group) is 1. The predicted octanol–water partition coefficient (Wildman–Crippen LogP) is 1.73. The molecule has 3 N–H and O–H groups in total. The number of aliphatic hydroxyl groups is 1. The van der Waals surface area contributed by atoms with Crippen molar-refractivity contribution in [2.24, 2.45) is 5.73 Å². The SMILES string of the molecule is CCN(CCO)c1cc(Br)cc(CN)c1. The Morgan fingerprint density at radius 3 is 2.67 bits per heavy atom. The topological polar surface area (TPSA) is 49.5 Å². The molecule has 0 aromatic heterocycles. The Labute approximate surface area is 99.0 Å². The molecule has 0 unspecified atom stereocenters.